The summed E-state index contributed by atoms with van der Waals surface area (Å²) in [5.74, 6) is 2.54. The predicted octanol–water partition coefficient (Wildman–Crippen LogP) is 2.82. The third kappa shape index (κ3) is 2.73. The van der Waals surface area contributed by atoms with Crippen molar-refractivity contribution in [3.05, 3.63) is 24.0 Å². The van der Waals surface area contributed by atoms with Crippen LogP contribution in [0.5, 0.6) is 5.75 Å². The molecular weight excluding hydrogens is 238 g/mol. The van der Waals surface area contributed by atoms with E-state index in [4.69, 9.17) is 9.72 Å². The molecule has 4 nitrogen and oxygen atoms in total. The van der Waals surface area contributed by atoms with E-state index in [1.165, 1.54) is 12.8 Å². The molecule has 0 spiro atoms. The molecular formula is C15H21N3O. The minimum atomic E-state index is 0.515. The summed E-state index contributed by atoms with van der Waals surface area (Å²) in [5.41, 5.74) is 2.11. The molecule has 1 fully saturated rings. The van der Waals surface area contributed by atoms with Gasteiger partial charge in [-0.25, -0.2) is 4.98 Å². The zero-order chi connectivity index (χ0) is 13.1. The van der Waals surface area contributed by atoms with Crippen molar-refractivity contribution in [2.75, 3.05) is 19.7 Å². The maximum absolute atomic E-state index is 5.66. The van der Waals surface area contributed by atoms with Gasteiger partial charge in [0.2, 0.25) is 0 Å². The lowest BCUT2D eigenvalue weighted by molar-refractivity contribution is 0.318. The lowest BCUT2D eigenvalue weighted by atomic mass is 9.99. The lowest BCUT2D eigenvalue weighted by Crippen LogP contribution is -2.28. The number of hydrogen-bond donors (Lipinski definition) is 2. The summed E-state index contributed by atoms with van der Waals surface area (Å²) >= 11 is 0. The molecule has 0 bridgehead atoms. The predicted molar refractivity (Wildman–Crippen MR) is 76.7 cm³/mol. The summed E-state index contributed by atoms with van der Waals surface area (Å²) in [6.07, 6.45) is 3.47. The number of ether oxygens (including phenoxy) is 1. The van der Waals surface area contributed by atoms with E-state index >= 15 is 0 Å². The molecule has 1 atom stereocenters. The molecule has 2 aromatic rings. The van der Waals surface area contributed by atoms with Crippen molar-refractivity contribution in [1.29, 1.82) is 0 Å². The third-order valence-corrected chi connectivity index (χ3v) is 3.63. The van der Waals surface area contributed by atoms with Crippen molar-refractivity contribution in [1.82, 2.24) is 15.3 Å². The highest BCUT2D eigenvalue weighted by Gasteiger charge is 2.18. The Morgan fingerprint density at radius 2 is 2.37 bits per heavy atom. The number of fused-ring (bicyclic) bond motifs is 1. The van der Waals surface area contributed by atoms with Gasteiger partial charge >= 0.3 is 0 Å². The monoisotopic (exact) mass is 259 g/mol. The molecule has 0 radical (unpaired) electrons. The smallest absolute Gasteiger partial charge is 0.121 e. The van der Waals surface area contributed by atoms with Crippen LogP contribution in [0.25, 0.3) is 11.0 Å². The van der Waals surface area contributed by atoms with Crippen molar-refractivity contribution in [2.45, 2.75) is 32.1 Å². The van der Waals surface area contributed by atoms with Crippen molar-refractivity contribution < 1.29 is 4.74 Å². The van der Waals surface area contributed by atoms with E-state index in [2.05, 4.69) is 23.3 Å². The normalized spacial score (nSPS) is 19.7. The van der Waals surface area contributed by atoms with Gasteiger partial charge in [0.25, 0.3) is 0 Å². The van der Waals surface area contributed by atoms with Gasteiger partial charge in [-0.05, 0) is 37.9 Å². The van der Waals surface area contributed by atoms with Crippen LogP contribution >= 0.6 is 0 Å². The first-order valence-electron chi connectivity index (χ1n) is 7.20. The van der Waals surface area contributed by atoms with Crippen LogP contribution in [0.1, 0.15) is 37.9 Å². The average molecular weight is 259 g/mol. The molecule has 3 rings (SSSR count). The number of aromatic amines is 1. The summed E-state index contributed by atoms with van der Waals surface area (Å²) in [4.78, 5) is 8.16. The van der Waals surface area contributed by atoms with E-state index in [1.807, 2.05) is 12.1 Å². The molecule has 1 aliphatic heterocycles. The van der Waals surface area contributed by atoms with Gasteiger partial charge in [0.15, 0.2) is 0 Å². The molecule has 4 heteroatoms. The van der Waals surface area contributed by atoms with Crippen molar-refractivity contribution in [2.24, 2.45) is 0 Å². The number of aromatic nitrogens is 2. The van der Waals surface area contributed by atoms with Crippen LogP contribution in [0.2, 0.25) is 0 Å². The zero-order valence-electron chi connectivity index (χ0n) is 11.4. The summed E-state index contributed by atoms with van der Waals surface area (Å²) in [7, 11) is 0. The van der Waals surface area contributed by atoms with Gasteiger partial charge < -0.3 is 15.0 Å². The van der Waals surface area contributed by atoms with Crippen LogP contribution in [-0.4, -0.2) is 29.7 Å². The standard InChI is InChI=1S/C15H21N3O/c1-2-8-19-12-5-6-13-14(9-12)18-15(17-13)11-4-3-7-16-10-11/h5-6,9,11,16H,2-4,7-8,10H2,1H3,(H,17,18). The van der Waals surface area contributed by atoms with E-state index < -0.39 is 0 Å². The van der Waals surface area contributed by atoms with Crippen LogP contribution < -0.4 is 10.1 Å². The number of benzene rings is 1. The first kappa shape index (κ1) is 12.5. The summed E-state index contributed by atoms with van der Waals surface area (Å²) in [6.45, 7) is 5.03. The second-order valence-electron chi connectivity index (χ2n) is 5.19. The Kier molecular flexibility index (Phi) is 3.69. The Labute approximate surface area is 113 Å². The number of H-pyrrole nitrogens is 1. The SMILES string of the molecule is CCCOc1ccc2nc(C3CCCNC3)[nH]c2c1. The van der Waals surface area contributed by atoms with E-state index in [9.17, 15) is 0 Å². The second-order valence-corrected chi connectivity index (χ2v) is 5.19. The maximum Gasteiger partial charge on any atom is 0.121 e. The van der Waals surface area contributed by atoms with Crippen LogP contribution in [0.4, 0.5) is 0 Å². The number of hydrogen-bond acceptors (Lipinski definition) is 3. The molecule has 19 heavy (non-hydrogen) atoms. The van der Waals surface area contributed by atoms with Crippen LogP contribution in [0.15, 0.2) is 18.2 Å². The molecule has 1 saturated heterocycles. The highest BCUT2D eigenvalue weighted by atomic mass is 16.5. The quantitative estimate of drug-likeness (QED) is 0.887. The van der Waals surface area contributed by atoms with E-state index in [0.29, 0.717) is 5.92 Å². The first-order chi connectivity index (χ1) is 9.36. The molecule has 2 N–H and O–H groups in total. The first-order valence-corrected chi connectivity index (χ1v) is 7.20. The molecule has 102 valence electrons. The Balaban J connectivity index is 1.83. The Morgan fingerprint density at radius 3 is 3.16 bits per heavy atom. The lowest BCUT2D eigenvalue weighted by Gasteiger charge is -2.20. The van der Waals surface area contributed by atoms with Gasteiger partial charge in [0.05, 0.1) is 17.6 Å². The van der Waals surface area contributed by atoms with Gasteiger partial charge in [0, 0.05) is 18.5 Å². The van der Waals surface area contributed by atoms with Crippen LogP contribution in [0, 0.1) is 0 Å². The second kappa shape index (κ2) is 5.61. The minimum Gasteiger partial charge on any atom is -0.494 e. The van der Waals surface area contributed by atoms with Crippen molar-refractivity contribution in [3.63, 3.8) is 0 Å². The Morgan fingerprint density at radius 1 is 1.42 bits per heavy atom. The fourth-order valence-electron chi connectivity index (χ4n) is 2.60. The summed E-state index contributed by atoms with van der Waals surface area (Å²) in [5, 5.41) is 3.43. The Bertz CT molecular complexity index is 543. The van der Waals surface area contributed by atoms with E-state index in [0.717, 1.165) is 48.7 Å². The third-order valence-electron chi connectivity index (χ3n) is 3.63. The fourth-order valence-corrected chi connectivity index (χ4v) is 2.60. The highest BCUT2D eigenvalue weighted by Crippen LogP contribution is 2.25. The van der Waals surface area contributed by atoms with Gasteiger partial charge in [-0.1, -0.05) is 6.92 Å². The average Bonchev–Trinajstić information content (AvgIpc) is 2.89. The fraction of sp³-hybridized carbons (Fsp3) is 0.533. The number of rotatable bonds is 4. The van der Waals surface area contributed by atoms with Gasteiger partial charge in [-0.2, -0.15) is 0 Å². The molecule has 1 unspecified atom stereocenters. The largest absolute Gasteiger partial charge is 0.494 e. The number of piperidine rings is 1. The molecule has 2 heterocycles. The number of imidazole rings is 1. The Hall–Kier alpha value is -1.55. The molecule has 0 saturated carbocycles. The number of nitrogens with one attached hydrogen (secondary N) is 2. The molecule has 1 aromatic carbocycles. The molecule has 1 aromatic heterocycles. The molecule has 0 aliphatic carbocycles. The van der Waals surface area contributed by atoms with Gasteiger partial charge in [-0.15, -0.1) is 0 Å². The minimum absolute atomic E-state index is 0.515. The number of nitrogens with zero attached hydrogens (tertiary/aromatic N) is 1. The highest BCUT2D eigenvalue weighted by molar-refractivity contribution is 5.76. The zero-order valence-corrected chi connectivity index (χ0v) is 11.4. The maximum atomic E-state index is 5.66. The van der Waals surface area contributed by atoms with Crippen LogP contribution in [-0.2, 0) is 0 Å². The van der Waals surface area contributed by atoms with Crippen molar-refractivity contribution >= 4 is 11.0 Å². The van der Waals surface area contributed by atoms with Gasteiger partial charge in [-0.3, -0.25) is 0 Å². The van der Waals surface area contributed by atoms with E-state index in [1.54, 1.807) is 0 Å². The van der Waals surface area contributed by atoms with Gasteiger partial charge in [0.1, 0.15) is 11.6 Å². The van der Waals surface area contributed by atoms with Crippen LogP contribution in [0.3, 0.4) is 0 Å². The van der Waals surface area contributed by atoms with E-state index in [-0.39, 0.29) is 0 Å². The summed E-state index contributed by atoms with van der Waals surface area (Å²) < 4.78 is 5.66. The summed E-state index contributed by atoms with van der Waals surface area (Å²) in [6, 6.07) is 6.09. The topological polar surface area (TPSA) is 49.9 Å². The molecule has 0 amide bonds. The molecule has 1 aliphatic rings. The van der Waals surface area contributed by atoms with Crippen molar-refractivity contribution in [3.8, 4) is 5.75 Å².